The summed E-state index contributed by atoms with van der Waals surface area (Å²) in [6.45, 7) is 6.92. The quantitative estimate of drug-likeness (QED) is 0.716. The van der Waals surface area contributed by atoms with E-state index in [2.05, 4.69) is 6.58 Å². The summed E-state index contributed by atoms with van der Waals surface area (Å²) in [5.74, 6) is 1.46. The molecule has 2 aliphatic heterocycles. The summed E-state index contributed by atoms with van der Waals surface area (Å²) in [4.78, 5) is 40.8. The first-order valence-corrected chi connectivity index (χ1v) is 10.8. The van der Waals surface area contributed by atoms with Crippen molar-refractivity contribution < 1.29 is 9.59 Å². The number of piperidine rings is 1. The Morgan fingerprint density at radius 1 is 1.07 bits per heavy atom. The number of carbonyl (C=O) groups excluding carboxylic acids is 2. The van der Waals surface area contributed by atoms with Crippen LogP contribution in [0, 0.1) is 11.8 Å². The van der Waals surface area contributed by atoms with Crippen LogP contribution in [0.5, 0.6) is 0 Å². The number of nitrogens with zero attached hydrogens (tertiary/aromatic N) is 3. The number of amides is 2. The molecule has 3 heterocycles. The van der Waals surface area contributed by atoms with Crippen LogP contribution in [0.15, 0.2) is 35.8 Å². The molecule has 1 aromatic heterocycles. The van der Waals surface area contributed by atoms with Crippen LogP contribution in [0.4, 0.5) is 0 Å². The number of aryl methyl sites for hydroxylation is 1. The molecule has 0 aliphatic carbocycles. The van der Waals surface area contributed by atoms with Crippen molar-refractivity contribution >= 4 is 11.8 Å². The molecule has 0 spiro atoms. The molecule has 0 saturated carbocycles. The van der Waals surface area contributed by atoms with E-state index in [-0.39, 0.29) is 17.4 Å². The van der Waals surface area contributed by atoms with Gasteiger partial charge in [0.15, 0.2) is 0 Å². The maximum absolute atomic E-state index is 12.7. The maximum Gasteiger partial charge on any atom is 0.254 e. The lowest BCUT2D eigenvalue weighted by molar-refractivity contribution is -0.131. The van der Waals surface area contributed by atoms with Gasteiger partial charge in [0, 0.05) is 57.5 Å². The summed E-state index contributed by atoms with van der Waals surface area (Å²) in [5, 5.41) is 0. The van der Waals surface area contributed by atoms with Gasteiger partial charge in [0.05, 0.1) is 0 Å². The zero-order valence-corrected chi connectivity index (χ0v) is 17.5. The standard InChI is InChI=1S/C23H33N3O3/c1-3-4-7-21(27)25-12-5-6-18(9-14-25)19-10-15-26(16-11-19)23(29)20-8-13-24(2)22(28)17-20/h3,8,13,17-19H,1,4-7,9-12,14-16H2,2H3. The number of aromatic nitrogens is 1. The summed E-state index contributed by atoms with van der Waals surface area (Å²) in [7, 11) is 1.68. The summed E-state index contributed by atoms with van der Waals surface area (Å²) in [5.41, 5.74) is 0.325. The number of pyridine rings is 1. The fourth-order valence-electron chi connectivity index (χ4n) is 4.66. The second kappa shape index (κ2) is 9.90. The molecule has 1 unspecified atom stereocenters. The number of likely N-dealkylation sites (tertiary alicyclic amines) is 2. The van der Waals surface area contributed by atoms with Crippen LogP contribution >= 0.6 is 0 Å². The summed E-state index contributed by atoms with van der Waals surface area (Å²) in [6.07, 6.45) is 10.1. The van der Waals surface area contributed by atoms with Crippen LogP contribution in [0.3, 0.4) is 0 Å². The van der Waals surface area contributed by atoms with Gasteiger partial charge in [-0.3, -0.25) is 14.4 Å². The number of carbonyl (C=O) groups is 2. The minimum Gasteiger partial charge on any atom is -0.343 e. The SMILES string of the molecule is C=CCCC(=O)N1CCCC(C2CCN(C(=O)c3ccn(C)c(=O)c3)CC2)CC1. The molecule has 3 rings (SSSR count). The van der Waals surface area contributed by atoms with E-state index in [4.69, 9.17) is 0 Å². The Hall–Kier alpha value is -2.37. The van der Waals surface area contributed by atoms with Gasteiger partial charge >= 0.3 is 0 Å². The van der Waals surface area contributed by atoms with Gasteiger partial charge in [0.1, 0.15) is 0 Å². The monoisotopic (exact) mass is 399 g/mol. The summed E-state index contributed by atoms with van der Waals surface area (Å²) in [6, 6.07) is 3.15. The third-order valence-electron chi connectivity index (χ3n) is 6.53. The van der Waals surface area contributed by atoms with Crippen LogP contribution in [0.2, 0.25) is 0 Å². The zero-order chi connectivity index (χ0) is 20.8. The Morgan fingerprint density at radius 2 is 1.72 bits per heavy atom. The van der Waals surface area contributed by atoms with Crippen LogP contribution in [-0.4, -0.2) is 52.4 Å². The summed E-state index contributed by atoms with van der Waals surface area (Å²) >= 11 is 0. The first-order valence-electron chi connectivity index (χ1n) is 10.8. The number of rotatable bonds is 5. The average Bonchev–Trinajstić information content (AvgIpc) is 3.00. The molecule has 0 bridgehead atoms. The van der Waals surface area contributed by atoms with Gasteiger partial charge in [-0.25, -0.2) is 0 Å². The smallest absolute Gasteiger partial charge is 0.254 e. The molecule has 158 valence electrons. The van der Waals surface area contributed by atoms with E-state index in [1.165, 1.54) is 17.1 Å². The van der Waals surface area contributed by atoms with Crippen LogP contribution in [0.1, 0.15) is 55.3 Å². The van der Waals surface area contributed by atoms with Crippen LogP contribution in [0.25, 0.3) is 0 Å². The van der Waals surface area contributed by atoms with Gasteiger partial charge < -0.3 is 14.4 Å². The van der Waals surface area contributed by atoms with Crippen molar-refractivity contribution in [1.29, 1.82) is 0 Å². The lowest BCUT2D eigenvalue weighted by Gasteiger charge is -2.36. The van der Waals surface area contributed by atoms with Crippen molar-refractivity contribution in [3.8, 4) is 0 Å². The number of allylic oxidation sites excluding steroid dienone is 1. The lowest BCUT2D eigenvalue weighted by atomic mass is 9.80. The molecule has 0 aromatic carbocycles. The van der Waals surface area contributed by atoms with Crippen molar-refractivity contribution in [3.63, 3.8) is 0 Å². The minimum absolute atomic E-state index is 0.0407. The van der Waals surface area contributed by atoms with E-state index >= 15 is 0 Å². The summed E-state index contributed by atoms with van der Waals surface area (Å²) < 4.78 is 1.47. The molecular formula is C23H33N3O3. The highest BCUT2D eigenvalue weighted by Gasteiger charge is 2.30. The fourth-order valence-corrected chi connectivity index (χ4v) is 4.66. The third kappa shape index (κ3) is 5.37. The normalized spacial score (nSPS) is 20.9. The second-order valence-corrected chi connectivity index (χ2v) is 8.39. The lowest BCUT2D eigenvalue weighted by Crippen LogP contribution is -2.40. The predicted molar refractivity (Wildman–Crippen MR) is 114 cm³/mol. The molecular weight excluding hydrogens is 366 g/mol. The molecule has 2 saturated heterocycles. The van der Waals surface area contributed by atoms with Crippen LogP contribution in [-0.2, 0) is 11.8 Å². The van der Waals surface area contributed by atoms with Crippen molar-refractivity contribution in [2.45, 2.75) is 44.9 Å². The highest BCUT2D eigenvalue weighted by molar-refractivity contribution is 5.94. The third-order valence-corrected chi connectivity index (χ3v) is 6.53. The largest absolute Gasteiger partial charge is 0.343 e. The fraction of sp³-hybridized carbons (Fsp3) is 0.609. The highest BCUT2D eigenvalue weighted by Crippen LogP contribution is 2.33. The first-order chi connectivity index (χ1) is 14.0. The predicted octanol–water partition coefficient (Wildman–Crippen LogP) is 2.83. The first kappa shape index (κ1) is 21.3. The van der Waals surface area contributed by atoms with Crippen molar-refractivity contribution in [3.05, 3.63) is 46.9 Å². The molecule has 2 fully saturated rings. The number of hydrogen-bond donors (Lipinski definition) is 0. The van der Waals surface area contributed by atoms with E-state index in [1.54, 1.807) is 25.4 Å². The molecule has 0 N–H and O–H groups in total. The van der Waals surface area contributed by atoms with Crippen molar-refractivity contribution in [2.75, 3.05) is 26.2 Å². The van der Waals surface area contributed by atoms with Gasteiger partial charge in [0.25, 0.3) is 11.5 Å². The molecule has 6 heteroatoms. The zero-order valence-electron chi connectivity index (χ0n) is 17.5. The molecule has 1 atom stereocenters. The van der Waals surface area contributed by atoms with E-state index < -0.39 is 0 Å². The molecule has 2 amide bonds. The van der Waals surface area contributed by atoms with Gasteiger partial charge in [-0.1, -0.05) is 6.08 Å². The van der Waals surface area contributed by atoms with E-state index in [9.17, 15) is 14.4 Å². The second-order valence-electron chi connectivity index (χ2n) is 8.39. The Kier molecular flexibility index (Phi) is 7.29. The molecule has 1 aromatic rings. The topological polar surface area (TPSA) is 62.6 Å². The Bertz CT molecular complexity index is 793. The minimum atomic E-state index is -0.156. The molecule has 29 heavy (non-hydrogen) atoms. The average molecular weight is 400 g/mol. The maximum atomic E-state index is 12.7. The highest BCUT2D eigenvalue weighted by atomic mass is 16.2. The van der Waals surface area contributed by atoms with Crippen molar-refractivity contribution in [1.82, 2.24) is 14.4 Å². The van der Waals surface area contributed by atoms with Crippen LogP contribution < -0.4 is 5.56 Å². The van der Waals surface area contributed by atoms with E-state index in [0.717, 1.165) is 58.3 Å². The molecule has 0 radical (unpaired) electrons. The number of hydrogen-bond acceptors (Lipinski definition) is 3. The van der Waals surface area contributed by atoms with Gasteiger partial charge in [0.2, 0.25) is 5.91 Å². The Balaban J connectivity index is 1.50. The molecule has 6 nitrogen and oxygen atoms in total. The Labute approximate surface area is 173 Å². The van der Waals surface area contributed by atoms with E-state index in [0.29, 0.717) is 23.8 Å². The van der Waals surface area contributed by atoms with E-state index in [1.807, 2.05) is 9.80 Å². The van der Waals surface area contributed by atoms with Gasteiger partial charge in [-0.15, -0.1) is 6.58 Å². The Morgan fingerprint density at radius 3 is 2.38 bits per heavy atom. The van der Waals surface area contributed by atoms with Gasteiger partial charge in [-0.05, 0) is 56.4 Å². The van der Waals surface area contributed by atoms with Crippen molar-refractivity contribution in [2.24, 2.45) is 18.9 Å². The molecule has 2 aliphatic rings. The van der Waals surface area contributed by atoms with Gasteiger partial charge in [-0.2, -0.15) is 0 Å².